The molecule has 1 aliphatic heterocycles. The van der Waals surface area contributed by atoms with E-state index in [9.17, 15) is 22.4 Å². The normalized spacial score (nSPS) is 16.4. The van der Waals surface area contributed by atoms with Gasteiger partial charge in [0, 0.05) is 31.6 Å². The summed E-state index contributed by atoms with van der Waals surface area (Å²) in [6.07, 6.45) is 3.42. The highest BCUT2D eigenvalue weighted by molar-refractivity contribution is 7.90. The molecule has 37 heavy (non-hydrogen) atoms. The van der Waals surface area contributed by atoms with Gasteiger partial charge in [-0.05, 0) is 72.6 Å². The Balaban J connectivity index is 1.59. The number of piperidine rings is 1. The number of carbonyl (C=O) groups is 2. The van der Waals surface area contributed by atoms with Crippen LogP contribution in [-0.4, -0.2) is 57.1 Å². The summed E-state index contributed by atoms with van der Waals surface area (Å²) in [4.78, 5) is 28.3. The number of rotatable bonds is 9. The molecule has 2 aromatic rings. The van der Waals surface area contributed by atoms with Crippen molar-refractivity contribution in [3.8, 4) is 0 Å². The SMILES string of the molecule is CCc1ccc(F)c(C(=O)NC(C(=O)N2CCC(C)(CNc3ccc(S(C)(=O)=O)cc3)CC2)C(C)C)c1. The molecule has 0 radical (unpaired) electrons. The second-order valence-corrected chi connectivity index (χ2v) is 12.7. The van der Waals surface area contributed by atoms with Gasteiger partial charge in [-0.3, -0.25) is 9.59 Å². The maximum Gasteiger partial charge on any atom is 0.254 e. The number of carbonyl (C=O) groups excluding carboxylic acids is 2. The predicted octanol–water partition coefficient (Wildman–Crippen LogP) is 4.29. The molecule has 0 aliphatic carbocycles. The van der Waals surface area contributed by atoms with Crippen LogP contribution in [0.4, 0.5) is 10.1 Å². The number of likely N-dealkylation sites (tertiary alicyclic amines) is 1. The molecule has 1 unspecified atom stereocenters. The van der Waals surface area contributed by atoms with Crippen molar-refractivity contribution in [1.29, 1.82) is 0 Å². The first kappa shape index (κ1) is 28.6. The van der Waals surface area contributed by atoms with E-state index in [2.05, 4.69) is 17.6 Å². The van der Waals surface area contributed by atoms with E-state index in [-0.39, 0.29) is 27.7 Å². The standard InChI is InChI=1S/C28H38FN3O4S/c1-6-20-7-12-24(29)23(17-20)26(33)31-25(19(2)3)27(34)32-15-13-28(4,14-16-32)18-30-21-8-10-22(11-9-21)37(5,35)36/h7-12,17,19,25,30H,6,13-16,18H2,1-5H3,(H,31,33). The molecule has 0 aromatic heterocycles. The lowest BCUT2D eigenvalue weighted by atomic mass is 9.80. The number of hydrogen-bond acceptors (Lipinski definition) is 5. The molecule has 9 heteroatoms. The Hall–Kier alpha value is -2.94. The van der Waals surface area contributed by atoms with Crippen LogP contribution in [0.1, 0.15) is 56.5 Å². The van der Waals surface area contributed by atoms with Crippen molar-refractivity contribution in [3.63, 3.8) is 0 Å². The maximum atomic E-state index is 14.3. The van der Waals surface area contributed by atoms with Gasteiger partial charge in [0.05, 0.1) is 10.5 Å². The van der Waals surface area contributed by atoms with Crippen molar-refractivity contribution in [2.24, 2.45) is 11.3 Å². The lowest BCUT2D eigenvalue weighted by Gasteiger charge is -2.41. The van der Waals surface area contributed by atoms with Gasteiger partial charge in [0.2, 0.25) is 5.91 Å². The lowest BCUT2D eigenvalue weighted by molar-refractivity contribution is -0.136. The minimum Gasteiger partial charge on any atom is -0.384 e. The lowest BCUT2D eigenvalue weighted by Crippen LogP contribution is -2.54. The van der Waals surface area contributed by atoms with Crippen LogP contribution in [-0.2, 0) is 21.1 Å². The highest BCUT2D eigenvalue weighted by Gasteiger charge is 2.36. The van der Waals surface area contributed by atoms with E-state index < -0.39 is 27.6 Å². The van der Waals surface area contributed by atoms with Crippen molar-refractivity contribution in [2.75, 3.05) is 31.2 Å². The molecule has 0 saturated carbocycles. The summed E-state index contributed by atoms with van der Waals surface area (Å²) in [5.74, 6) is -1.48. The van der Waals surface area contributed by atoms with E-state index in [0.29, 0.717) is 26.1 Å². The van der Waals surface area contributed by atoms with Gasteiger partial charge in [0.1, 0.15) is 11.9 Å². The van der Waals surface area contributed by atoms with Gasteiger partial charge in [0.25, 0.3) is 5.91 Å². The van der Waals surface area contributed by atoms with Crippen LogP contribution < -0.4 is 10.6 Å². The minimum absolute atomic E-state index is 0.0420. The van der Waals surface area contributed by atoms with Crippen LogP contribution >= 0.6 is 0 Å². The van der Waals surface area contributed by atoms with Crippen LogP contribution in [0, 0.1) is 17.2 Å². The fourth-order valence-electron chi connectivity index (χ4n) is 4.47. The minimum atomic E-state index is -3.23. The van der Waals surface area contributed by atoms with Crippen LogP contribution in [0.2, 0.25) is 0 Å². The molecule has 1 fully saturated rings. The third kappa shape index (κ3) is 7.31. The zero-order valence-corrected chi connectivity index (χ0v) is 23.1. The molecule has 2 amide bonds. The first-order valence-corrected chi connectivity index (χ1v) is 14.6. The second-order valence-electron chi connectivity index (χ2n) is 10.6. The molecule has 2 aromatic carbocycles. The summed E-state index contributed by atoms with van der Waals surface area (Å²) < 4.78 is 37.6. The average Bonchev–Trinajstić information content (AvgIpc) is 2.86. The van der Waals surface area contributed by atoms with E-state index in [1.807, 2.05) is 20.8 Å². The number of anilines is 1. The van der Waals surface area contributed by atoms with E-state index in [4.69, 9.17) is 0 Å². The first-order valence-electron chi connectivity index (χ1n) is 12.7. The number of nitrogens with zero attached hydrogens (tertiary/aromatic N) is 1. The van der Waals surface area contributed by atoms with Gasteiger partial charge in [-0.15, -0.1) is 0 Å². The molecule has 1 heterocycles. The van der Waals surface area contributed by atoms with E-state index in [1.165, 1.54) is 12.3 Å². The number of hydrogen-bond donors (Lipinski definition) is 2. The van der Waals surface area contributed by atoms with Gasteiger partial charge in [-0.2, -0.15) is 0 Å². The van der Waals surface area contributed by atoms with Gasteiger partial charge in [0.15, 0.2) is 9.84 Å². The highest BCUT2D eigenvalue weighted by Crippen LogP contribution is 2.32. The number of amides is 2. The molecular weight excluding hydrogens is 493 g/mol. The average molecular weight is 532 g/mol. The van der Waals surface area contributed by atoms with Gasteiger partial charge in [-0.1, -0.05) is 33.8 Å². The Kier molecular flexibility index (Phi) is 9.00. The molecule has 1 atom stereocenters. The van der Waals surface area contributed by atoms with Gasteiger partial charge >= 0.3 is 0 Å². The summed E-state index contributed by atoms with van der Waals surface area (Å²) in [6, 6.07) is 10.4. The summed E-state index contributed by atoms with van der Waals surface area (Å²) in [7, 11) is -3.23. The molecular formula is C28H38FN3O4S. The van der Waals surface area contributed by atoms with Gasteiger partial charge < -0.3 is 15.5 Å². The maximum absolute atomic E-state index is 14.3. The molecule has 7 nitrogen and oxygen atoms in total. The summed E-state index contributed by atoms with van der Waals surface area (Å²) in [5.41, 5.74) is 1.61. The van der Waals surface area contributed by atoms with Crippen molar-refractivity contribution in [2.45, 2.75) is 57.9 Å². The summed E-state index contributed by atoms with van der Waals surface area (Å²) >= 11 is 0. The Bertz CT molecular complexity index is 1220. The second kappa shape index (κ2) is 11.6. The van der Waals surface area contributed by atoms with E-state index in [1.54, 1.807) is 41.3 Å². The van der Waals surface area contributed by atoms with E-state index in [0.717, 1.165) is 24.1 Å². The largest absolute Gasteiger partial charge is 0.384 e. The van der Waals surface area contributed by atoms with Crippen LogP contribution in [0.5, 0.6) is 0 Å². The molecule has 1 saturated heterocycles. The zero-order valence-electron chi connectivity index (χ0n) is 22.3. The number of sulfone groups is 1. The Morgan fingerprint density at radius 2 is 1.70 bits per heavy atom. The molecule has 2 N–H and O–H groups in total. The van der Waals surface area contributed by atoms with Crippen LogP contribution in [0.25, 0.3) is 0 Å². The smallest absolute Gasteiger partial charge is 0.254 e. The number of benzene rings is 2. The predicted molar refractivity (Wildman–Crippen MR) is 144 cm³/mol. The fourth-order valence-corrected chi connectivity index (χ4v) is 5.11. The molecule has 202 valence electrons. The number of nitrogens with one attached hydrogen (secondary N) is 2. The third-order valence-electron chi connectivity index (χ3n) is 7.19. The highest BCUT2D eigenvalue weighted by atomic mass is 32.2. The molecule has 0 spiro atoms. The van der Waals surface area contributed by atoms with Crippen LogP contribution in [0.15, 0.2) is 47.4 Å². The van der Waals surface area contributed by atoms with Crippen molar-refractivity contribution >= 4 is 27.3 Å². The van der Waals surface area contributed by atoms with Crippen molar-refractivity contribution < 1.29 is 22.4 Å². The van der Waals surface area contributed by atoms with Crippen molar-refractivity contribution in [3.05, 3.63) is 59.4 Å². The van der Waals surface area contributed by atoms with E-state index >= 15 is 0 Å². The first-order chi connectivity index (χ1) is 17.3. The quantitative estimate of drug-likeness (QED) is 0.504. The number of aryl methyl sites for hydroxylation is 1. The third-order valence-corrected chi connectivity index (χ3v) is 8.32. The van der Waals surface area contributed by atoms with Crippen LogP contribution in [0.3, 0.4) is 0 Å². The Morgan fingerprint density at radius 1 is 1.08 bits per heavy atom. The molecule has 3 rings (SSSR count). The van der Waals surface area contributed by atoms with Gasteiger partial charge in [-0.25, -0.2) is 12.8 Å². The summed E-state index contributed by atoms with van der Waals surface area (Å²) in [6.45, 7) is 9.64. The molecule has 0 bridgehead atoms. The fraction of sp³-hybridized carbons (Fsp3) is 0.500. The Morgan fingerprint density at radius 3 is 2.24 bits per heavy atom. The monoisotopic (exact) mass is 531 g/mol. The summed E-state index contributed by atoms with van der Waals surface area (Å²) in [5, 5.41) is 6.17. The number of halogens is 1. The zero-order chi connectivity index (χ0) is 27.4. The topological polar surface area (TPSA) is 95.6 Å². The van der Waals surface area contributed by atoms with Crippen molar-refractivity contribution in [1.82, 2.24) is 10.2 Å². The molecule has 1 aliphatic rings. The Labute approximate surface area is 219 Å².